The highest BCUT2D eigenvalue weighted by Crippen LogP contribution is 2.25. The summed E-state index contributed by atoms with van der Waals surface area (Å²) in [6, 6.07) is 3.56. The van der Waals surface area contributed by atoms with E-state index in [-0.39, 0.29) is 22.9 Å². The number of hydrogen-bond acceptors (Lipinski definition) is 6. The number of carbonyl (C=O) groups excluding carboxylic acids is 1. The number of esters is 1. The van der Waals surface area contributed by atoms with Crippen LogP contribution >= 0.6 is 11.6 Å². The van der Waals surface area contributed by atoms with E-state index in [0.717, 1.165) is 12.1 Å². The summed E-state index contributed by atoms with van der Waals surface area (Å²) in [4.78, 5) is 11.6. The monoisotopic (exact) mass is 311 g/mol. The summed E-state index contributed by atoms with van der Waals surface area (Å²) in [6.07, 6.45) is 0. The molecule has 0 aliphatic rings. The van der Waals surface area contributed by atoms with Crippen LogP contribution < -0.4 is 11.2 Å². The fraction of sp³-hybridized carbons (Fsp3) is 0.167. The van der Waals surface area contributed by atoms with Gasteiger partial charge in [-0.05, 0) is 19.1 Å². The van der Waals surface area contributed by atoms with E-state index in [1.807, 2.05) is 0 Å². The molecule has 1 aromatic carbocycles. The molecule has 0 aliphatic carbocycles. The van der Waals surface area contributed by atoms with Gasteiger partial charge >= 0.3 is 5.97 Å². The van der Waals surface area contributed by atoms with Crippen molar-refractivity contribution in [3.63, 3.8) is 0 Å². The molecule has 7 nitrogen and oxygen atoms in total. The van der Waals surface area contributed by atoms with Crippen LogP contribution in [0.5, 0.6) is 0 Å². The lowest BCUT2D eigenvalue weighted by atomic mass is 10.2. The first-order chi connectivity index (χ1) is 9.90. The Morgan fingerprint density at radius 2 is 2.33 bits per heavy atom. The molecule has 0 atom stereocenters. The first-order valence-electron chi connectivity index (χ1n) is 5.65. The highest BCUT2D eigenvalue weighted by atomic mass is 35.5. The minimum atomic E-state index is -0.794. The van der Waals surface area contributed by atoms with E-state index >= 15 is 0 Å². The van der Waals surface area contributed by atoms with E-state index < -0.39 is 23.3 Å². The maximum atomic E-state index is 13.7. The van der Waals surface area contributed by atoms with Crippen molar-refractivity contribution in [1.82, 2.24) is 0 Å². The van der Waals surface area contributed by atoms with Gasteiger partial charge in [0.15, 0.2) is 5.84 Å². The van der Waals surface area contributed by atoms with Gasteiger partial charge in [0.25, 0.3) is 0 Å². The number of halogens is 2. The van der Waals surface area contributed by atoms with Gasteiger partial charge in [-0.15, -0.1) is 0 Å². The Labute approximate surface area is 124 Å². The number of hydrazone groups is 1. The fourth-order valence-electron chi connectivity index (χ4n) is 1.26. The van der Waals surface area contributed by atoms with Crippen LogP contribution in [-0.4, -0.2) is 24.1 Å². The predicted octanol–water partition coefficient (Wildman–Crippen LogP) is 1.88. The molecule has 1 rings (SSSR count). The Morgan fingerprint density at radius 1 is 1.67 bits per heavy atom. The van der Waals surface area contributed by atoms with Crippen LogP contribution in [0, 0.1) is 22.6 Å². The SMILES string of the molecule is CCOC(=O)c1cc(N/N=C(\C#N)C(=N)N)c(F)cc1Cl. The van der Waals surface area contributed by atoms with E-state index in [0.29, 0.717) is 0 Å². The van der Waals surface area contributed by atoms with Gasteiger partial charge in [-0.3, -0.25) is 10.8 Å². The zero-order valence-corrected chi connectivity index (χ0v) is 11.7. The van der Waals surface area contributed by atoms with E-state index in [9.17, 15) is 9.18 Å². The first-order valence-corrected chi connectivity index (χ1v) is 6.02. The summed E-state index contributed by atoms with van der Waals surface area (Å²) in [5.74, 6) is -2.09. The van der Waals surface area contributed by atoms with E-state index in [4.69, 9.17) is 32.7 Å². The fourth-order valence-corrected chi connectivity index (χ4v) is 1.49. The number of ether oxygens (including phenoxy) is 1. The molecule has 0 radical (unpaired) electrons. The molecular weight excluding hydrogens is 301 g/mol. The number of nitriles is 1. The average Bonchev–Trinajstić information content (AvgIpc) is 2.41. The van der Waals surface area contributed by atoms with Gasteiger partial charge in [-0.2, -0.15) is 10.4 Å². The normalized spacial score (nSPS) is 10.7. The van der Waals surface area contributed by atoms with Crippen molar-refractivity contribution in [3.05, 3.63) is 28.5 Å². The third-order valence-electron chi connectivity index (χ3n) is 2.20. The van der Waals surface area contributed by atoms with Gasteiger partial charge in [-0.1, -0.05) is 11.6 Å². The van der Waals surface area contributed by atoms with Crippen LogP contribution in [0.15, 0.2) is 17.2 Å². The molecule has 0 bridgehead atoms. The molecule has 0 amide bonds. The van der Waals surface area contributed by atoms with Gasteiger partial charge in [0.05, 0.1) is 22.9 Å². The molecule has 0 saturated carbocycles. The van der Waals surface area contributed by atoms with Crippen LogP contribution in [-0.2, 0) is 4.74 Å². The number of benzene rings is 1. The topological polar surface area (TPSA) is 124 Å². The molecular formula is C12H11ClFN5O2. The maximum absolute atomic E-state index is 13.7. The highest BCUT2D eigenvalue weighted by molar-refractivity contribution is 6.45. The molecule has 0 heterocycles. The molecule has 4 N–H and O–H groups in total. The van der Waals surface area contributed by atoms with Gasteiger partial charge in [0.1, 0.15) is 11.9 Å². The van der Waals surface area contributed by atoms with Gasteiger partial charge in [-0.25, -0.2) is 9.18 Å². The summed E-state index contributed by atoms with van der Waals surface area (Å²) in [5.41, 5.74) is 6.61. The van der Waals surface area contributed by atoms with Gasteiger partial charge < -0.3 is 10.5 Å². The minimum Gasteiger partial charge on any atom is -0.462 e. The predicted molar refractivity (Wildman–Crippen MR) is 76.0 cm³/mol. The summed E-state index contributed by atoms with van der Waals surface area (Å²) >= 11 is 5.76. The van der Waals surface area contributed by atoms with Crippen LogP contribution in [0.1, 0.15) is 17.3 Å². The van der Waals surface area contributed by atoms with Crippen molar-refractivity contribution < 1.29 is 13.9 Å². The Kier molecular flexibility index (Phi) is 5.63. The Morgan fingerprint density at radius 3 is 2.86 bits per heavy atom. The average molecular weight is 312 g/mol. The molecule has 1 aromatic rings. The molecule has 0 saturated heterocycles. The third kappa shape index (κ3) is 4.15. The molecule has 0 fully saturated rings. The second-order valence-electron chi connectivity index (χ2n) is 3.63. The molecule has 0 unspecified atom stereocenters. The van der Waals surface area contributed by atoms with Crippen molar-refractivity contribution >= 4 is 34.8 Å². The Balaban J connectivity index is 3.14. The highest BCUT2D eigenvalue weighted by Gasteiger charge is 2.16. The van der Waals surface area contributed by atoms with Crippen LogP contribution in [0.3, 0.4) is 0 Å². The second-order valence-corrected chi connectivity index (χ2v) is 4.04. The van der Waals surface area contributed by atoms with Gasteiger partial charge in [0.2, 0.25) is 5.71 Å². The molecule has 0 aliphatic heterocycles. The summed E-state index contributed by atoms with van der Waals surface area (Å²) in [7, 11) is 0. The summed E-state index contributed by atoms with van der Waals surface area (Å²) < 4.78 is 18.5. The van der Waals surface area contributed by atoms with Crippen LogP contribution in [0.2, 0.25) is 5.02 Å². The minimum absolute atomic E-state index is 0.0565. The van der Waals surface area contributed by atoms with Crippen LogP contribution in [0.25, 0.3) is 0 Å². The van der Waals surface area contributed by atoms with E-state index in [2.05, 4.69) is 10.5 Å². The lowest BCUT2D eigenvalue weighted by molar-refractivity contribution is 0.0526. The van der Waals surface area contributed by atoms with Gasteiger partial charge in [0, 0.05) is 0 Å². The number of nitrogens with zero attached hydrogens (tertiary/aromatic N) is 2. The molecule has 21 heavy (non-hydrogen) atoms. The maximum Gasteiger partial charge on any atom is 0.339 e. The quantitative estimate of drug-likeness (QED) is 0.331. The van der Waals surface area contributed by atoms with Crippen molar-refractivity contribution in [3.8, 4) is 6.07 Å². The standard InChI is InChI=1S/C12H11ClFN5O2/c1-2-21-12(20)6-3-9(8(14)4-7(6)13)18-19-10(5-15)11(16)17/h3-4,18H,2H2,1H3,(H3,16,17)/b19-10+. The number of anilines is 1. The summed E-state index contributed by atoms with van der Waals surface area (Å²) in [5, 5.41) is 19.1. The number of nitrogens with one attached hydrogen (secondary N) is 2. The van der Waals surface area contributed by atoms with E-state index in [1.165, 1.54) is 0 Å². The number of rotatable bonds is 5. The molecule has 110 valence electrons. The Bertz CT molecular complexity index is 654. The number of amidine groups is 1. The number of carbonyl (C=O) groups is 1. The number of nitrogens with two attached hydrogens (primary N) is 1. The lowest BCUT2D eigenvalue weighted by Gasteiger charge is -2.08. The van der Waals surface area contributed by atoms with Crippen molar-refractivity contribution in [2.75, 3.05) is 12.0 Å². The van der Waals surface area contributed by atoms with Crippen molar-refractivity contribution in [2.24, 2.45) is 10.8 Å². The smallest absolute Gasteiger partial charge is 0.339 e. The van der Waals surface area contributed by atoms with Crippen molar-refractivity contribution in [2.45, 2.75) is 6.92 Å². The van der Waals surface area contributed by atoms with Crippen LogP contribution in [0.4, 0.5) is 10.1 Å². The summed E-state index contributed by atoms with van der Waals surface area (Å²) in [6.45, 7) is 1.75. The largest absolute Gasteiger partial charge is 0.462 e. The zero-order chi connectivity index (χ0) is 16.0. The van der Waals surface area contributed by atoms with Crippen molar-refractivity contribution in [1.29, 1.82) is 10.7 Å². The molecule has 9 heteroatoms. The first kappa shape index (κ1) is 16.4. The lowest BCUT2D eigenvalue weighted by Crippen LogP contribution is -2.22. The Hall–Kier alpha value is -2.66. The molecule has 0 aromatic heterocycles. The van der Waals surface area contributed by atoms with E-state index in [1.54, 1.807) is 13.0 Å². The number of hydrogen-bond donors (Lipinski definition) is 3. The molecule has 0 spiro atoms. The second kappa shape index (κ2) is 7.21. The zero-order valence-electron chi connectivity index (χ0n) is 10.9. The third-order valence-corrected chi connectivity index (χ3v) is 2.51.